The number of carboxylic acid groups (broad SMARTS) is 1. The summed E-state index contributed by atoms with van der Waals surface area (Å²) >= 11 is 0. The first-order valence-corrected chi connectivity index (χ1v) is 7.68. The number of hydrogen-bond donors (Lipinski definition) is 2. The van der Waals surface area contributed by atoms with Crippen LogP contribution in [0.1, 0.15) is 46.5 Å². The van der Waals surface area contributed by atoms with E-state index in [1.165, 1.54) is 4.90 Å². The number of β-amino-alcohol motifs (C(OH)–C–C–N with tert-alkyl or cyclic N) is 1. The van der Waals surface area contributed by atoms with E-state index >= 15 is 0 Å². The molecule has 2 heterocycles. The third kappa shape index (κ3) is 2.61. The second-order valence-electron chi connectivity index (χ2n) is 7.20. The third-order valence-electron chi connectivity index (χ3n) is 4.91. The number of hydrogen-bond acceptors (Lipinski definition) is 3. The Kier molecular flexibility index (Phi) is 4.19. The molecule has 6 nitrogen and oxygen atoms in total. The van der Waals surface area contributed by atoms with Crippen molar-refractivity contribution >= 4 is 12.0 Å². The second-order valence-corrected chi connectivity index (χ2v) is 7.20. The van der Waals surface area contributed by atoms with E-state index in [9.17, 15) is 19.8 Å². The average molecular weight is 298 g/mol. The van der Waals surface area contributed by atoms with Gasteiger partial charge in [-0.15, -0.1) is 0 Å². The van der Waals surface area contributed by atoms with Gasteiger partial charge in [0, 0.05) is 13.1 Å². The van der Waals surface area contributed by atoms with E-state index in [2.05, 4.69) is 0 Å². The molecule has 0 aliphatic carbocycles. The minimum absolute atomic E-state index is 0.00613. The van der Waals surface area contributed by atoms with Crippen molar-refractivity contribution in [3.05, 3.63) is 0 Å². The van der Waals surface area contributed by atoms with Crippen molar-refractivity contribution in [3.8, 4) is 0 Å². The molecule has 0 bridgehead atoms. The van der Waals surface area contributed by atoms with Crippen LogP contribution >= 0.6 is 0 Å². The van der Waals surface area contributed by atoms with Crippen molar-refractivity contribution in [1.82, 2.24) is 9.80 Å². The maximum absolute atomic E-state index is 13.1. The molecule has 2 aliphatic heterocycles. The maximum atomic E-state index is 13.1. The lowest BCUT2D eigenvalue weighted by Crippen LogP contribution is -2.70. The molecular formula is C15H26N2O4. The van der Waals surface area contributed by atoms with Crippen LogP contribution < -0.4 is 0 Å². The lowest BCUT2D eigenvalue weighted by Gasteiger charge is -2.54. The molecule has 0 spiro atoms. The highest BCUT2D eigenvalue weighted by molar-refractivity contribution is 5.91. The second kappa shape index (κ2) is 5.48. The van der Waals surface area contributed by atoms with Crippen LogP contribution in [0.15, 0.2) is 0 Å². The minimum atomic E-state index is -1.13. The molecule has 2 atom stereocenters. The first kappa shape index (κ1) is 16.1. The lowest BCUT2D eigenvalue weighted by molar-refractivity contribution is -0.157. The summed E-state index contributed by atoms with van der Waals surface area (Å²) in [6.45, 7) is 7.14. The van der Waals surface area contributed by atoms with Gasteiger partial charge in [-0.3, -0.25) is 9.69 Å². The summed E-state index contributed by atoms with van der Waals surface area (Å²) in [6, 6.07) is 0. The van der Waals surface area contributed by atoms with Crippen molar-refractivity contribution in [2.24, 2.45) is 5.41 Å². The number of carbonyl (C=O) groups is 2. The molecular weight excluding hydrogens is 272 g/mol. The standard InChI is InChI=1S/C15H26N2O4/c1-14(2,3)15(12(19)16-8-4-5-9-16)7-6-11(18)10-17(15)13(20)21/h11,18H,4-10H2,1-3H3,(H,20,21)/t11-,15+/m1/s1. The Morgan fingerprint density at radius 1 is 1.19 bits per heavy atom. The van der Waals surface area contributed by atoms with Gasteiger partial charge in [0.15, 0.2) is 0 Å². The summed E-state index contributed by atoms with van der Waals surface area (Å²) < 4.78 is 0. The summed E-state index contributed by atoms with van der Waals surface area (Å²) in [4.78, 5) is 27.8. The Morgan fingerprint density at radius 3 is 2.24 bits per heavy atom. The zero-order valence-electron chi connectivity index (χ0n) is 13.1. The van der Waals surface area contributed by atoms with Crippen LogP contribution in [0.5, 0.6) is 0 Å². The Labute approximate surface area is 125 Å². The van der Waals surface area contributed by atoms with Crippen LogP contribution in [0.4, 0.5) is 4.79 Å². The molecule has 21 heavy (non-hydrogen) atoms. The Morgan fingerprint density at radius 2 is 1.76 bits per heavy atom. The van der Waals surface area contributed by atoms with Gasteiger partial charge < -0.3 is 15.1 Å². The third-order valence-corrected chi connectivity index (χ3v) is 4.91. The van der Waals surface area contributed by atoms with Crippen molar-refractivity contribution in [3.63, 3.8) is 0 Å². The van der Waals surface area contributed by atoms with Crippen LogP contribution in [-0.2, 0) is 4.79 Å². The van der Waals surface area contributed by atoms with E-state index in [4.69, 9.17) is 0 Å². The van der Waals surface area contributed by atoms with Crippen molar-refractivity contribution < 1.29 is 19.8 Å². The summed E-state index contributed by atoms with van der Waals surface area (Å²) in [6.07, 6.45) is 0.961. The van der Waals surface area contributed by atoms with E-state index in [0.29, 0.717) is 25.9 Å². The van der Waals surface area contributed by atoms with E-state index in [0.717, 1.165) is 12.8 Å². The topological polar surface area (TPSA) is 81.1 Å². The number of piperidine rings is 1. The number of nitrogens with zero attached hydrogens (tertiary/aromatic N) is 2. The summed E-state index contributed by atoms with van der Waals surface area (Å²) in [7, 11) is 0. The fourth-order valence-corrected chi connectivity index (χ4v) is 3.71. The van der Waals surface area contributed by atoms with Gasteiger partial charge in [-0.1, -0.05) is 20.8 Å². The van der Waals surface area contributed by atoms with E-state index < -0.39 is 23.2 Å². The number of amides is 2. The molecule has 0 aromatic rings. The largest absolute Gasteiger partial charge is 0.465 e. The zero-order chi connectivity index (χ0) is 15.8. The van der Waals surface area contributed by atoms with Crippen LogP contribution in [0.3, 0.4) is 0 Å². The monoisotopic (exact) mass is 298 g/mol. The highest BCUT2D eigenvalue weighted by Crippen LogP contribution is 2.44. The number of carbonyl (C=O) groups excluding carboxylic acids is 1. The summed E-state index contributed by atoms with van der Waals surface area (Å²) in [5.41, 5.74) is -1.60. The lowest BCUT2D eigenvalue weighted by atomic mass is 9.66. The average Bonchev–Trinajstić information content (AvgIpc) is 2.90. The van der Waals surface area contributed by atoms with Gasteiger partial charge >= 0.3 is 6.09 Å². The Bertz CT molecular complexity index is 426. The van der Waals surface area contributed by atoms with E-state index in [1.807, 2.05) is 20.8 Å². The Hall–Kier alpha value is -1.30. The maximum Gasteiger partial charge on any atom is 0.408 e. The molecule has 2 fully saturated rings. The van der Waals surface area contributed by atoms with Gasteiger partial charge in [-0.05, 0) is 31.1 Å². The van der Waals surface area contributed by atoms with E-state index in [-0.39, 0.29) is 12.5 Å². The van der Waals surface area contributed by atoms with Gasteiger partial charge in [-0.25, -0.2) is 4.79 Å². The SMILES string of the molecule is CC(C)(C)[C@@]1(C(=O)N2CCCC2)CC[C@@H](O)CN1C(=O)O. The fourth-order valence-electron chi connectivity index (χ4n) is 3.71. The van der Waals surface area contributed by atoms with Crippen molar-refractivity contribution in [2.75, 3.05) is 19.6 Å². The smallest absolute Gasteiger partial charge is 0.408 e. The van der Waals surface area contributed by atoms with Gasteiger partial charge in [0.25, 0.3) is 0 Å². The van der Waals surface area contributed by atoms with Crippen LogP contribution in [0.25, 0.3) is 0 Å². The predicted octanol–water partition coefficient (Wildman–Crippen LogP) is 1.53. The summed E-state index contributed by atoms with van der Waals surface area (Å²) in [5, 5.41) is 19.4. The quantitative estimate of drug-likeness (QED) is 0.769. The number of rotatable bonds is 1. The molecule has 2 amide bonds. The highest BCUT2D eigenvalue weighted by atomic mass is 16.4. The van der Waals surface area contributed by atoms with E-state index in [1.54, 1.807) is 4.90 Å². The number of likely N-dealkylation sites (tertiary alicyclic amines) is 2. The molecule has 0 radical (unpaired) electrons. The number of aliphatic hydroxyl groups is 1. The molecule has 0 saturated carbocycles. The van der Waals surface area contributed by atoms with Gasteiger partial charge in [0.2, 0.25) is 5.91 Å². The summed E-state index contributed by atoms with van der Waals surface area (Å²) in [5.74, 6) is -0.0956. The predicted molar refractivity (Wildman–Crippen MR) is 78.0 cm³/mol. The number of aliphatic hydroxyl groups excluding tert-OH is 1. The fraction of sp³-hybridized carbons (Fsp3) is 0.867. The minimum Gasteiger partial charge on any atom is -0.465 e. The Balaban J connectivity index is 2.44. The molecule has 0 aromatic carbocycles. The van der Waals surface area contributed by atoms with Crippen LogP contribution in [0, 0.1) is 5.41 Å². The van der Waals surface area contributed by atoms with Gasteiger partial charge in [0.1, 0.15) is 5.54 Å². The molecule has 2 N–H and O–H groups in total. The van der Waals surface area contributed by atoms with Crippen molar-refractivity contribution in [1.29, 1.82) is 0 Å². The van der Waals surface area contributed by atoms with Gasteiger partial charge in [-0.2, -0.15) is 0 Å². The molecule has 2 saturated heterocycles. The molecule has 0 aromatic heterocycles. The molecule has 0 unspecified atom stereocenters. The first-order chi connectivity index (χ1) is 9.70. The van der Waals surface area contributed by atoms with Crippen molar-refractivity contribution in [2.45, 2.75) is 58.1 Å². The highest BCUT2D eigenvalue weighted by Gasteiger charge is 2.58. The molecule has 120 valence electrons. The first-order valence-electron chi connectivity index (χ1n) is 7.68. The van der Waals surface area contributed by atoms with Crippen LogP contribution in [-0.4, -0.2) is 63.3 Å². The molecule has 2 aliphatic rings. The molecule has 6 heteroatoms. The normalized spacial score (nSPS) is 30.6. The zero-order valence-corrected chi connectivity index (χ0v) is 13.1. The van der Waals surface area contributed by atoms with Gasteiger partial charge in [0.05, 0.1) is 12.6 Å². The van der Waals surface area contributed by atoms with Crippen LogP contribution in [0.2, 0.25) is 0 Å². The molecule has 2 rings (SSSR count).